The number of rotatable bonds is 3. The molecule has 0 spiro atoms. The van der Waals surface area contributed by atoms with E-state index in [1.54, 1.807) is 25.2 Å². The topological polar surface area (TPSA) is 42.0 Å². The average Bonchev–Trinajstić information content (AvgIpc) is 2.05. The van der Waals surface area contributed by atoms with Gasteiger partial charge in [-0.15, -0.1) is 0 Å². The molecule has 0 amide bonds. The maximum atomic E-state index is 11.3. The number of aromatic nitrogens is 1. The monoisotopic (exact) mass is 228 g/mol. The third-order valence-electron chi connectivity index (χ3n) is 1.34. The van der Waals surface area contributed by atoms with Crippen LogP contribution in [0.15, 0.2) is 22.8 Å². The first kappa shape index (κ1) is 9.35. The first-order valence-corrected chi connectivity index (χ1v) is 4.33. The summed E-state index contributed by atoms with van der Waals surface area (Å²) in [6.07, 6.45) is 0. The minimum Gasteiger partial charge on any atom is -0.313 e. The van der Waals surface area contributed by atoms with E-state index in [0.29, 0.717) is 16.8 Å². The van der Waals surface area contributed by atoms with Crippen molar-refractivity contribution in [1.29, 1.82) is 0 Å². The molecule has 0 aromatic carbocycles. The molecule has 1 aromatic rings. The predicted octanol–water partition coefficient (Wildman–Crippen LogP) is 1.25. The molecule has 1 N–H and O–H groups in total. The highest BCUT2D eigenvalue weighted by Gasteiger charge is 2.04. The molecule has 0 aliphatic rings. The van der Waals surface area contributed by atoms with Gasteiger partial charge in [-0.25, -0.2) is 4.98 Å². The molecule has 0 saturated heterocycles. The quantitative estimate of drug-likeness (QED) is 0.626. The Morgan fingerprint density at radius 3 is 3.00 bits per heavy atom. The molecule has 3 nitrogen and oxygen atoms in total. The Labute approximate surface area is 79.3 Å². The molecular weight excluding hydrogens is 220 g/mol. The lowest BCUT2D eigenvalue weighted by atomic mass is 10.2. The Kier molecular flexibility index (Phi) is 3.37. The number of carbonyl (C=O) groups is 1. The van der Waals surface area contributed by atoms with Crippen LogP contribution in [0.1, 0.15) is 10.5 Å². The van der Waals surface area contributed by atoms with Gasteiger partial charge in [-0.1, -0.05) is 6.07 Å². The van der Waals surface area contributed by atoms with Gasteiger partial charge in [-0.3, -0.25) is 4.79 Å². The number of ketones is 1. The number of carbonyl (C=O) groups excluding carboxylic acids is 1. The van der Waals surface area contributed by atoms with Gasteiger partial charge in [0.2, 0.25) is 0 Å². The first-order chi connectivity index (χ1) is 5.74. The van der Waals surface area contributed by atoms with Crippen molar-refractivity contribution in [3.8, 4) is 0 Å². The number of nitrogens with one attached hydrogen (secondary N) is 1. The highest BCUT2D eigenvalue weighted by atomic mass is 79.9. The van der Waals surface area contributed by atoms with Crippen molar-refractivity contribution >= 4 is 21.7 Å². The first-order valence-electron chi connectivity index (χ1n) is 3.54. The standard InChI is InChI=1S/C8H9BrN2O/c1-10-5-7(12)6-3-2-4-8(9)11-6/h2-4,10H,5H2,1H3. The van der Waals surface area contributed by atoms with Gasteiger partial charge in [-0.05, 0) is 35.1 Å². The number of hydrogen-bond donors (Lipinski definition) is 1. The van der Waals surface area contributed by atoms with Crippen molar-refractivity contribution in [3.05, 3.63) is 28.5 Å². The van der Waals surface area contributed by atoms with Crippen LogP contribution in [0.3, 0.4) is 0 Å². The van der Waals surface area contributed by atoms with Gasteiger partial charge >= 0.3 is 0 Å². The molecule has 1 aromatic heterocycles. The lowest BCUT2D eigenvalue weighted by Gasteiger charge is -1.98. The van der Waals surface area contributed by atoms with Gasteiger partial charge in [0.05, 0.1) is 6.54 Å². The van der Waals surface area contributed by atoms with Crippen LogP contribution < -0.4 is 5.32 Å². The van der Waals surface area contributed by atoms with Crippen LogP contribution in [0.4, 0.5) is 0 Å². The van der Waals surface area contributed by atoms with E-state index in [-0.39, 0.29) is 5.78 Å². The number of halogens is 1. The molecule has 1 rings (SSSR count). The van der Waals surface area contributed by atoms with Gasteiger partial charge in [0.15, 0.2) is 5.78 Å². The Morgan fingerprint density at radius 2 is 2.42 bits per heavy atom. The zero-order chi connectivity index (χ0) is 8.97. The van der Waals surface area contributed by atoms with Crippen molar-refractivity contribution in [2.24, 2.45) is 0 Å². The van der Waals surface area contributed by atoms with Crippen molar-refractivity contribution in [3.63, 3.8) is 0 Å². The molecule has 0 fully saturated rings. The van der Waals surface area contributed by atoms with Crippen molar-refractivity contribution in [1.82, 2.24) is 10.3 Å². The number of Topliss-reactive ketones (excluding diaryl/α,β-unsaturated/α-hetero) is 1. The SMILES string of the molecule is CNCC(=O)c1cccc(Br)n1. The fourth-order valence-electron chi connectivity index (χ4n) is 0.815. The second kappa shape index (κ2) is 4.33. The minimum atomic E-state index is -0.00111. The van der Waals surface area contributed by atoms with Crippen LogP contribution in [0.25, 0.3) is 0 Å². The smallest absolute Gasteiger partial charge is 0.194 e. The van der Waals surface area contributed by atoms with Crippen molar-refractivity contribution in [2.45, 2.75) is 0 Å². The second-order valence-electron chi connectivity index (χ2n) is 2.30. The number of likely N-dealkylation sites (N-methyl/N-ethyl adjacent to an activating group) is 1. The third kappa shape index (κ3) is 2.39. The summed E-state index contributed by atoms with van der Waals surface area (Å²) in [4.78, 5) is 15.3. The van der Waals surface area contributed by atoms with Crippen LogP contribution in [-0.2, 0) is 0 Å². The van der Waals surface area contributed by atoms with Crippen LogP contribution >= 0.6 is 15.9 Å². The molecule has 0 aliphatic heterocycles. The molecule has 4 heteroatoms. The summed E-state index contributed by atoms with van der Waals surface area (Å²) in [5.41, 5.74) is 0.485. The third-order valence-corrected chi connectivity index (χ3v) is 1.78. The minimum absolute atomic E-state index is 0.00111. The van der Waals surface area contributed by atoms with E-state index < -0.39 is 0 Å². The summed E-state index contributed by atoms with van der Waals surface area (Å²) in [5, 5.41) is 2.78. The Balaban J connectivity index is 2.81. The molecule has 12 heavy (non-hydrogen) atoms. The van der Waals surface area contributed by atoms with Gasteiger partial charge in [0, 0.05) is 0 Å². The highest BCUT2D eigenvalue weighted by molar-refractivity contribution is 9.10. The molecule has 0 bridgehead atoms. The summed E-state index contributed by atoms with van der Waals surface area (Å²) in [6.45, 7) is 0.323. The van der Waals surface area contributed by atoms with Gasteiger partial charge in [0.1, 0.15) is 10.3 Å². The molecule has 0 aliphatic carbocycles. The molecule has 0 atom stereocenters. The summed E-state index contributed by atoms with van der Waals surface area (Å²) < 4.78 is 0.685. The number of pyridine rings is 1. The Bertz CT molecular complexity index is 288. The second-order valence-corrected chi connectivity index (χ2v) is 3.11. The van der Waals surface area contributed by atoms with E-state index in [4.69, 9.17) is 0 Å². The number of hydrogen-bond acceptors (Lipinski definition) is 3. The summed E-state index contributed by atoms with van der Waals surface area (Å²) in [7, 11) is 1.73. The average molecular weight is 229 g/mol. The fourth-order valence-corrected chi connectivity index (χ4v) is 1.16. The van der Waals surface area contributed by atoms with Crippen LogP contribution in [-0.4, -0.2) is 24.4 Å². The van der Waals surface area contributed by atoms with E-state index in [2.05, 4.69) is 26.2 Å². The van der Waals surface area contributed by atoms with E-state index in [1.165, 1.54) is 0 Å². The van der Waals surface area contributed by atoms with Crippen molar-refractivity contribution < 1.29 is 4.79 Å². The Morgan fingerprint density at radius 1 is 1.67 bits per heavy atom. The Hall–Kier alpha value is -0.740. The van der Waals surface area contributed by atoms with E-state index >= 15 is 0 Å². The summed E-state index contributed by atoms with van der Waals surface area (Å²) in [6, 6.07) is 5.28. The molecule has 1 heterocycles. The summed E-state index contributed by atoms with van der Waals surface area (Å²) >= 11 is 3.20. The molecule has 64 valence electrons. The molecule has 0 saturated carbocycles. The predicted molar refractivity (Wildman–Crippen MR) is 50.2 cm³/mol. The van der Waals surface area contributed by atoms with Gasteiger partial charge in [-0.2, -0.15) is 0 Å². The number of nitrogens with zero attached hydrogens (tertiary/aromatic N) is 1. The molecule has 0 radical (unpaired) electrons. The normalized spacial score (nSPS) is 9.83. The lowest BCUT2D eigenvalue weighted by molar-refractivity contribution is 0.0988. The molecular formula is C8H9BrN2O. The van der Waals surface area contributed by atoms with Crippen LogP contribution in [0, 0.1) is 0 Å². The van der Waals surface area contributed by atoms with Gasteiger partial charge < -0.3 is 5.32 Å². The van der Waals surface area contributed by atoms with Crippen LogP contribution in [0.5, 0.6) is 0 Å². The zero-order valence-corrected chi connectivity index (χ0v) is 8.26. The lowest BCUT2D eigenvalue weighted by Crippen LogP contribution is -2.19. The van der Waals surface area contributed by atoms with Gasteiger partial charge in [0.25, 0.3) is 0 Å². The molecule has 0 unspecified atom stereocenters. The van der Waals surface area contributed by atoms with E-state index in [1.807, 2.05) is 0 Å². The van der Waals surface area contributed by atoms with Crippen LogP contribution in [0.2, 0.25) is 0 Å². The summed E-state index contributed by atoms with van der Waals surface area (Å²) in [5.74, 6) is -0.00111. The van der Waals surface area contributed by atoms with Crippen molar-refractivity contribution in [2.75, 3.05) is 13.6 Å². The maximum Gasteiger partial charge on any atom is 0.194 e. The van der Waals surface area contributed by atoms with E-state index in [9.17, 15) is 4.79 Å². The fraction of sp³-hybridized carbons (Fsp3) is 0.250. The zero-order valence-electron chi connectivity index (χ0n) is 6.67. The maximum absolute atomic E-state index is 11.3. The van der Waals surface area contributed by atoms with E-state index in [0.717, 1.165) is 0 Å². The largest absolute Gasteiger partial charge is 0.313 e. The highest BCUT2D eigenvalue weighted by Crippen LogP contribution is 2.06.